The standard InChI is InChI=1S/C17H22N2/c1-19-17(14-18,12-15-8-4-2-5-9-15)13-16-10-6-3-7-11-16/h2-11,19H,12-14,18H2,1H3. The van der Waals surface area contributed by atoms with E-state index in [-0.39, 0.29) is 5.54 Å². The van der Waals surface area contributed by atoms with Gasteiger partial charge in [-0.05, 0) is 31.0 Å². The van der Waals surface area contributed by atoms with Crippen LogP contribution < -0.4 is 11.1 Å². The summed E-state index contributed by atoms with van der Waals surface area (Å²) in [5, 5.41) is 3.44. The van der Waals surface area contributed by atoms with Crippen molar-refractivity contribution < 1.29 is 0 Å². The van der Waals surface area contributed by atoms with Crippen LogP contribution in [0.2, 0.25) is 0 Å². The van der Waals surface area contributed by atoms with Crippen LogP contribution in [0, 0.1) is 0 Å². The first kappa shape index (κ1) is 13.8. The molecule has 2 aromatic carbocycles. The molecule has 0 fully saturated rings. The van der Waals surface area contributed by atoms with Gasteiger partial charge in [0.15, 0.2) is 0 Å². The van der Waals surface area contributed by atoms with Gasteiger partial charge in [-0.3, -0.25) is 0 Å². The predicted molar refractivity (Wildman–Crippen MR) is 81.1 cm³/mol. The van der Waals surface area contributed by atoms with Crippen molar-refractivity contribution >= 4 is 0 Å². The van der Waals surface area contributed by atoms with E-state index in [1.807, 2.05) is 19.2 Å². The van der Waals surface area contributed by atoms with E-state index in [9.17, 15) is 0 Å². The summed E-state index contributed by atoms with van der Waals surface area (Å²) in [7, 11) is 2.00. The van der Waals surface area contributed by atoms with Crippen LogP contribution in [0.5, 0.6) is 0 Å². The minimum absolute atomic E-state index is 0.0806. The SMILES string of the molecule is CNC(CN)(Cc1ccccc1)Cc1ccccc1. The van der Waals surface area contributed by atoms with Crippen LogP contribution in [-0.2, 0) is 12.8 Å². The molecule has 0 aliphatic heterocycles. The van der Waals surface area contributed by atoms with Gasteiger partial charge in [-0.2, -0.15) is 0 Å². The van der Waals surface area contributed by atoms with Crippen LogP contribution in [-0.4, -0.2) is 19.1 Å². The average Bonchev–Trinajstić information content (AvgIpc) is 2.48. The monoisotopic (exact) mass is 254 g/mol. The Bertz CT molecular complexity index is 432. The molecule has 0 atom stereocenters. The van der Waals surface area contributed by atoms with Crippen molar-refractivity contribution in [3.8, 4) is 0 Å². The Morgan fingerprint density at radius 3 is 1.58 bits per heavy atom. The molecule has 0 spiro atoms. The van der Waals surface area contributed by atoms with Crippen LogP contribution in [0.15, 0.2) is 60.7 Å². The van der Waals surface area contributed by atoms with Crippen molar-refractivity contribution in [1.29, 1.82) is 0 Å². The van der Waals surface area contributed by atoms with Crippen molar-refractivity contribution in [3.05, 3.63) is 71.8 Å². The summed E-state index contributed by atoms with van der Waals surface area (Å²) in [6, 6.07) is 21.0. The number of likely N-dealkylation sites (N-methyl/N-ethyl adjacent to an activating group) is 1. The van der Waals surface area contributed by atoms with E-state index < -0.39 is 0 Å². The Labute approximate surface area is 115 Å². The highest BCUT2D eigenvalue weighted by Gasteiger charge is 2.27. The Hall–Kier alpha value is -1.64. The van der Waals surface area contributed by atoms with Gasteiger partial charge in [0.1, 0.15) is 0 Å². The van der Waals surface area contributed by atoms with Gasteiger partial charge in [0.05, 0.1) is 0 Å². The second-order valence-electron chi connectivity index (χ2n) is 5.06. The summed E-state index contributed by atoms with van der Waals surface area (Å²) in [4.78, 5) is 0. The zero-order valence-corrected chi connectivity index (χ0v) is 11.5. The number of rotatable bonds is 6. The van der Waals surface area contributed by atoms with E-state index in [1.165, 1.54) is 11.1 Å². The Morgan fingerprint density at radius 1 is 0.842 bits per heavy atom. The van der Waals surface area contributed by atoms with Crippen molar-refractivity contribution in [2.24, 2.45) is 5.73 Å². The number of nitrogens with one attached hydrogen (secondary N) is 1. The predicted octanol–water partition coefficient (Wildman–Crippen LogP) is 2.39. The number of hydrogen-bond donors (Lipinski definition) is 2. The van der Waals surface area contributed by atoms with Gasteiger partial charge in [-0.1, -0.05) is 60.7 Å². The van der Waals surface area contributed by atoms with Crippen molar-refractivity contribution in [2.45, 2.75) is 18.4 Å². The maximum absolute atomic E-state index is 6.05. The summed E-state index contributed by atoms with van der Waals surface area (Å²) < 4.78 is 0. The average molecular weight is 254 g/mol. The zero-order chi connectivity index (χ0) is 13.6. The summed E-state index contributed by atoms with van der Waals surface area (Å²) in [5.74, 6) is 0. The fourth-order valence-corrected chi connectivity index (χ4v) is 2.46. The van der Waals surface area contributed by atoms with Crippen LogP contribution in [0.1, 0.15) is 11.1 Å². The third-order valence-corrected chi connectivity index (χ3v) is 3.69. The molecule has 3 N–H and O–H groups in total. The van der Waals surface area contributed by atoms with Gasteiger partial charge in [0.25, 0.3) is 0 Å². The molecule has 0 aromatic heterocycles. The number of hydrogen-bond acceptors (Lipinski definition) is 2. The second kappa shape index (κ2) is 6.50. The fourth-order valence-electron chi connectivity index (χ4n) is 2.46. The van der Waals surface area contributed by atoms with E-state index in [4.69, 9.17) is 5.73 Å². The normalized spacial score (nSPS) is 11.5. The van der Waals surface area contributed by atoms with Crippen molar-refractivity contribution in [3.63, 3.8) is 0 Å². The molecule has 2 aromatic rings. The highest BCUT2D eigenvalue weighted by atomic mass is 15.0. The van der Waals surface area contributed by atoms with Crippen LogP contribution >= 0.6 is 0 Å². The van der Waals surface area contributed by atoms with Gasteiger partial charge in [-0.25, -0.2) is 0 Å². The molecule has 0 aliphatic carbocycles. The fraction of sp³-hybridized carbons (Fsp3) is 0.294. The quantitative estimate of drug-likeness (QED) is 0.830. The molecular weight excluding hydrogens is 232 g/mol. The molecule has 2 nitrogen and oxygen atoms in total. The molecule has 0 aliphatic rings. The molecule has 100 valence electrons. The lowest BCUT2D eigenvalue weighted by Crippen LogP contribution is -2.53. The minimum Gasteiger partial charge on any atom is -0.329 e. The van der Waals surface area contributed by atoms with Gasteiger partial charge >= 0.3 is 0 Å². The summed E-state index contributed by atoms with van der Waals surface area (Å²) >= 11 is 0. The highest BCUT2D eigenvalue weighted by molar-refractivity contribution is 5.23. The van der Waals surface area contributed by atoms with Gasteiger partial charge in [-0.15, -0.1) is 0 Å². The number of nitrogens with two attached hydrogens (primary N) is 1. The van der Waals surface area contributed by atoms with E-state index in [1.54, 1.807) is 0 Å². The first-order chi connectivity index (χ1) is 9.28. The molecule has 0 radical (unpaired) electrons. The van der Waals surface area contributed by atoms with Crippen molar-refractivity contribution in [2.75, 3.05) is 13.6 Å². The van der Waals surface area contributed by atoms with Gasteiger partial charge < -0.3 is 11.1 Å². The number of benzene rings is 2. The van der Waals surface area contributed by atoms with Gasteiger partial charge in [0, 0.05) is 12.1 Å². The lowest BCUT2D eigenvalue weighted by molar-refractivity contribution is 0.353. The third kappa shape index (κ3) is 3.66. The maximum atomic E-state index is 6.05. The second-order valence-corrected chi connectivity index (χ2v) is 5.06. The van der Waals surface area contributed by atoms with E-state index >= 15 is 0 Å². The summed E-state index contributed by atoms with van der Waals surface area (Å²) in [6.07, 6.45) is 1.88. The smallest absolute Gasteiger partial charge is 0.0382 e. The summed E-state index contributed by atoms with van der Waals surface area (Å²) in [6.45, 7) is 0.618. The molecule has 2 heteroatoms. The topological polar surface area (TPSA) is 38.0 Å². The Balaban J connectivity index is 2.18. The molecule has 0 saturated carbocycles. The van der Waals surface area contributed by atoms with E-state index in [0.717, 1.165) is 12.8 Å². The Kier molecular flexibility index (Phi) is 4.72. The largest absolute Gasteiger partial charge is 0.329 e. The van der Waals surface area contributed by atoms with Crippen molar-refractivity contribution in [1.82, 2.24) is 5.32 Å². The van der Waals surface area contributed by atoms with Gasteiger partial charge in [0.2, 0.25) is 0 Å². The first-order valence-corrected chi connectivity index (χ1v) is 6.75. The highest BCUT2D eigenvalue weighted by Crippen LogP contribution is 2.18. The third-order valence-electron chi connectivity index (χ3n) is 3.69. The first-order valence-electron chi connectivity index (χ1n) is 6.75. The van der Waals surface area contributed by atoms with Crippen LogP contribution in [0.3, 0.4) is 0 Å². The molecule has 0 heterocycles. The maximum Gasteiger partial charge on any atom is 0.0382 e. The minimum atomic E-state index is -0.0806. The molecule has 0 saturated heterocycles. The van der Waals surface area contributed by atoms with E-state index in [0.29, 0.717) is 6.54 Å². The molecule has 0 bridgehead atoms. The Morgan fingerprint density at radius 2 is 1.26 bits per heavy atom. The lowest BCUT2D eigenvalue weighted by atomic mass is 9.85. The summed E-state index contributed by atoms with van der Waals surface area (Å²) in [5.41, 5.74) is 8.61. The lowest BCUT2D eigenvalue weighted by Gasteiger charge is -2.33. The van der Waals surface area contributed by atoms with Crippen LogP contribution in [0.25, 0.3) is 0 Å². The molecule has 19 heavy (non-hydrogen) atoms. The van der Waals surface area contributed by atoms with E-state index in [2.05, 4.69) is 53.8 Å². The molecule has 0 amide bonds. The molecule has 2 rings (SSSR count). The van der Waals surface area contributed by atoms with Crippen LogP contribution in [0.4, 0.5) is 0 Å². The molecular formula is C17H22N2. The zero-order valence-electron chi connectivity index (χ0n) is 11.5. The molecule has 0 unspecified atom stereocenters.